The lowest BCUT2D eigenvalue weighted by Crippen LogP contribution is -2.09. The van der Waals surface area contributed by atoms with E-state index in [9.17, 15) is 4.79 Å². The molecule has 0 bridgehead atoms. The van der Waals surface area contributed by atoms with Crippen LogP contribution in [0.4, 0.5) is 0 Å². The Kier molecular flexibility index (Phi) is 2.42. The van der Waals surface area contributed by atoms with E-state index in [0.717, 1.165) is 16.5 Å². The lowest BCUT2D eigenvalue weighted by Gasteiger charge is -2.03. The van der Waals surface area contributed by atoms with Crippen molar-refractivity contribution in [3.8, 4) is 0 Å². The van der Waals surface area contributed by atoms with Crippen LogP contribution in [0.25, 0.3) is 10.9 Å². The largest absolute Gasteiger partial charge is 0.481 e. The number of aromatic nitrogens is 2. The van der Waals surface area contributed by atoms with Crippen LogP contribution < -0.4 is 0 Å². The van der Waals surface area contributed by atoms with E-state index in [1.807, 2.05) is 32.2 Å². The highest BCUT2D eigenvalue weighted by molar-refractivity contribution is 5.90. The van der Waals surface area contributed by atoms with Gasteiger partial charge in [0.25, 0.3) is 0 Å². The summed E-state index contributed by atoms with van der Waals surface area (Å²) in [5, 5.41) is 14.3. The molecular weight excluding hydrogens is 204 g/mol. The SMILES string of the molecule is Cc1cccc2c1c(C(C)C(=O)O)nn2C. The van der Waals surface area contributed by atoms with E-state index in [1.165, 1.54) is 0 Å². The molecule has 0 aliphatic rings. The van der Waals surface area contributed by atoms with E-state index >= 15 is 0 Å². The number of rotatable bonds is 2. The molecular formula is C12H14N2O2. The van der Waals surface area contributed by atoms with Gasteiger partial charge >= 0.3 is 5.97 Å². The minimum absolute atomic E-state index is 0.579. The van der Waals surface area contributed by atoms with Crippen molar-refractivity contribution < 1.29 is 9.90 Å². The number of aliphatic carboxylic acids is 1. The number of benzene rings is 1. The zero-order valence-electron chi connectivity index (χ0n) is 9.56. The summed E-state index contributed by atoms with van der Waals surface area (Å²) in [6, 6.07) is 5.88. The van der Waals surface area contributed by atoms with Crippen molar-refractivity contribution in [1.29, 1.82) is 0 Å². The van der Waals surface area contributed by atoms with Crippen LogP contribution in [0.15, 0.2) is 18.2 Å². The van der Waals surface area contributed by atoms with Crippen molar-refractivity contribution >= 4 is 16.9 Å². The van der Waals surface area contributed by atoms with E-state index in [2.05, 4.69) is 5.10 Å². The lowest BCUT2D eigenvalue weighted by molar-refractivity contribution is -0.138. The molecule has 0 saturated heterocycles. The fourth-order valence-corrected chi connectivity index (χ4v) is 1.94. The summed E-state index contributed by atoms with van der Waals surface area (Å²) in [5.41, 5.74) is 2.68. The Morgan fingerprint density at radius 2 is 2.19 bits per heavy atom. The molecule has 1 heterocycles. The lowest BCUT2D eigenvalue weighted by atomic mass is 10.0. The molecule has 1 N–H and O–H groups in total. The Morgan fingerprint density at radius 1 is 1.50 bits per heavy atom. The Morgan fingerprint density at radius 3 is 2.81 bits per heavy atom. The van der Waals surface area contributed by atoms with Gasteiger partial charge in [-0.3, -0.25) is 9.48 Å². The normalized spacial score (nSPS) is 12.9. The first-order valence-electron chi connectivity index (χ1n) is 5.17. The Hall–Kier alpha value is -1.84. The van der Waals surface area contributed by atoms with Crippen molar-refractivity contribution in [3.63, 3.8) is 0 Å². The number of aryl methyl sites for hydroxylation is 2. The predicted octanol–water partition coefficient (Wildman–Crippen LogP) is 2.07. The summed E-state index contributed by atoms with van der Waals surface area (Å²) in [6.07, 6.45) is 0. The number of hydrogen-bond acceptors (Lipinski definition) is 2. The molecule has 16 heavy (non-hydrogen) atoms. The van der Waals surface area contributed by atoms with Gasteiger partial charge in [0.15, 0.2) is 0 Å². The van der Waals surface area contributed by atoms with Gasteiger partial charge in [-0.1, -0.05) is 12.1 Å². The van der Waals surface area contributed by atoms with Crippen molar-refractivity contribution in [2.24, 2.45) is 7.05 Å². The first kappa shape index (κ1) is 10.7. The molecule has 0 aliphatic heterocycles. The van der Waals surface area contributed by atoms with E-state index in [1.54, 1.807) is 11.6 Å². The smallest absolute Gasteiger partial charge is 0.312 e. The van der Waals surface area contributed by atoms with Crippen LogP contribution in [0.3, 0.4) is 0 Å². The standard InChI is InChI=1S/C12H14N2O2/c1-7-5-4-6-9-10(7)11(13-14(9)3)8(2)12(15)16/h4-6,8H,1-3H3,(H,15,16). The maximum absolute atomic E-state index is 11.0. The summed E-state index contributed by atoms with van der Waals surface area (Å²) in [4.78, 5) is 11.0. The van der Waals surface area contributed by atoms with Gasteiger partial charge in [-0.25, -0.2) is 0 Å². The van der Waals surface area contributed by atoms with Gasteiger partial charge in [0.1, 0.15) is 0 Å². The van der Waals surface area contributed by atoms with Gasteiger partial charge < -0.3 is 5.11 Å². The van der Waals surface area contributed by atoms with Crippen molar-refractivity contribution in [3.05, 3.63) is 29.5 Å². The molecule has 2 rings (SSSR count). The van der Waals surface area contributed by atoms with Gasteiger partial charge in [0.2, 0.25) is 0 Å². The average Bonchev–Trinajstić information content (AvgIpc) is 2.57. The number of carboxylic acids is 1. The topological polar surface area (TPSA) is 55.1 Å². The molecule has 1 aromatic heterocycles. The Labute approximate surface area is 93.5 Å². The third kappa shape index (κ3) is 1.46. The molecule has 0 amide bonds. The Balaban J connectivity index is 2.76. The molecule has 1 aromatic carbocycles. The summed E-state index contributed by atoms with van der Waals surface area (Å²) in [6.45, 7) is 3.64. The molecule has 2 aromatic rings. The monoisotopic (exact) mass is 218 g/mol. The number of carbonyl (C=O) groups is 1. The number of fused-ring (bicyclic) bond motifs is 1. The van der Waals surface area contributed by atoms with Crippen molar-refractivity contribution in [2.45, 2.75) is 19.8 Å². The molecule has 84 valence electrons. The van der Waals surface area contributed by atoms with Crippen molar-refractivity contribution in [2.75, 3.05) is 0 Å². The van der Waals surface area contributed by atoms with Crippen molar-refractivity contribution in [1.82, 2.24) is 9.78 Å². The zero-order chi connectivity index (χ0) is 11.9. The number of carboxylic acid groups (broad SMARTS) is 1. The molecule has 0 spiro atoms. The molecule has 0 radical (unpaired) electrons. The van der Waals surface area contributed by atoms with E-state index < -0.39 is 11.9 Å². The second-order valence-corrected chi connectivity index (χ2v) is 4.04. The summed E-state index contributed by atoms with van der Waals surface area (Å²) >= 11 is 0. The minimum Gasteiger partial charge on any atom is -0.481 e. The fourth-order valence-electron chi connectivity index (χ4n) is 1.94. The molecule has 1 unspecified atom stereocenters. The van der Waals surface area contributed by atoms with Gasteiger partial charge in [-0.2, -0.15) is 5.10 Å². The highest BCUT2D eigenvalue weighted by atomic mass is 16.4. The van der Waals surface area contributed by atoms with Gasteiger partial charge in [-0.05, 0) is 25.5 Å². The van der Waals surface area contributed by atoms with Crippen LogP contribution in [0, 0.1) is 6.92 Å². The summed E-state index contributed by atoms with van der Waals surface area (Å²) < 4.78 is 1.73. The van der Waals surface area contributed by atoms with Gasteiger partial charge in [-0.15, -0.1) is 0 Å². The molecule has 0 saturated carbocycles. The highest BCUT2D eigenvalue weighted by Gasteiger charge is 2.21. The van der Waals surface area contributed by atoms with E-state index in [-0.39, 0.29) is 0 Å². The van der Waals surface area contributed by atoms with Gasteiger partial charge in [0.05, 0.1) is 17.1 Å². The average molecular weight is 218 g/mol. The highest BCUT2D eigenvalue weighted by Crippen LogP contribution is 2.27. The summed E-state index contributed by atoms with van der Waals surface area (Å²) in [7, 11) is 1.83. The Bertz CT molecular complexity index is 557. The molecule has 0 fully saturated rings. The third-order valence-corrected chi connectivity index (χ3v) is 2.89. The third-order valence-electron chi connectivity index (χ3n) is 2.89. The summed E-state index contributed by atoms with van der Waals surface area (Å²) in [5.74, 6) is -1.42. The molecule has 4 heteroatoms. The van der Waals surface area contributed by atoms with Gasteiger partial charge in [0, 0.05) is 12.4 Å². The number of hydrogen-bond donors (Lipinski definition) is 1. The first-order valence-corrected chi connectivity index (χ1v) is 5.17. The first-order chi connectivity index (χ1) is 7.52. The predicted molar refractivity (Wildman–Crippen MR) is 61.5 cm³/mol. The molecule has 0 aliphatic carbocycles. The number of nitrogens with zero attached hydrogens (tertiary/aromatic N) is 2. The minimum atomic E-state index is -0.844. The quantitative estimate of drug-likeness (QED) is 0.839. The zero-order valence-corrected chi connectivity index (χ0v) is 9.56. The molecule has 1 atom stereocenters. The fraction of sp³-hybridized carbons (Fsp3) is 0.333. The van der Waals surface area contributed by atoms with Crippen LogP contribution in [0.5, 0.6) is 0 Å². The van der Waals surface area contributed by atoms with Crippen LogP contribution >= 0.6 is 0 Å². The van der Waals surface area contributed by atoms with Crippen LogP contribution in [0.1, 0.15) is 24.1 Å². The van der Waals surface area contributed by atoms with E-state index in [4.69, 9.17) is 5.11 Å². The second-order valence-electron chi connectivity index (χ2n) is 4.04. The van der Waals surface area contributed by atoms with Crippen LogP contribution in [0.2, 0.25) is 0 Å². The maximum Gasteiger partial charge on any atom is 0.312 e. The van der Waals surface area contributed by atoms with Crippen LogP contribution in [-0.2, 0) is 11.8 Å². The maximum atomic E-state index is 11.0. The van der Waals surface area contributed by atoms with Crippen LogP contribution in [-0.4, -0.2) is 20.9 Å². The van der Waals surface area contributed by atoms with E-state index in [0.29, 0.717) is 5.69 Å². The second kappa shape index (κ2) is 3.63. The molecule has 4 nitrogen and oxygen atoms in total.